The van der Waals surface area contributed by atoms with Crippen LogP contribution in [0.25, 0.3) is 0 Å². The van der Waals surface area contributed by atoms with Gasteiger partial charge in [0.05, 0.1) is 27.1 Å². The van der Waals surface area contributed by atoms with E-state index in [0.29, 0.717) is 43.4 Å². The molecule has 0 bridgehead atoms. The smallest absolute Gasteiger partial charge is 0.329 e. The SMILES string of the molecule is C=C(C)C(=O)N(C=CC(=O)O)C(CCCCCNC(=O)CCCCN)[N+](C)(C)CCCC(=O)O. The molecule has 0 aliphatic rings. The van der Waals surface area contributed by atoms with Gasteiger partial charge in [0.2, 0.25) is 5.91 Å². The van der Waals surface area contributed by atoms with Gasteiger partial charge in [-0.2, -0.15) is 0 Å². The molecule has 0 heterocycles. The van der Waals surface area contributed by atoms with Crippen LogP contribution >= 0.6 is 0 Å². The number of carboxylic acid groups (broad SMARTS) is 2. The van der Waals surface area contributed by atoms with Crippen molar-refractivity contribution in [2.24, 2.45) is 5.73 Å². The lowest BCUT2D eigenvalue weighted by molar-refractivity contribution is -0.924. The third-order valence-corrected chi connectivity index (χ3v) is 5.55. The summed E-state index contributed by atoms with van der Waals surface area (Å²) in [5.74, 6) is -2.42. The first-order valence-electron chi connectivity index (χ1n) is 11.8. The molecule has 0 aromatic rings. The Morgan fingerprint density at radius 3 is 2.26 bits per heavy atom. The predicted octanol–water partition coefficient (Wildman–Crippen LogP) is 2.06. The Kier molecular flexibility index (Phi) is 15.5. The van der Waals surface area contributed by atoms with Crippen LogP contribution in [0.2, 0.25) is 0 Å². The number of nitrogens with zero attached hydrogens (tertiary/aromatic N) is 2. The molecule has 10 heteroatoms. The normalized spacial score (nSPS) is 12.4. The van der Waals surface area contributed by atoms with E-state index in [0.717, 1.165) is 38.2 Å². The van der Waals surface area contributed by atoms with E-state index in [1.807, 2.05) is 14.1 Å². The first kappa shape index (κ1) is 31.3. The average molecular weight is 484 g/mol. The highest BCUT2D eigenvalue weighted by atomic mass is 16.4. The first-order valence-corrected chi connectivity index (χ1v) is 11.8. The van der Waals surface area contributed by atoms with E-state index in [2.05, 4.69) is 11.9 Å². The van der Waals surface area contributed by atoms with Gasteiger partial charge in [-0.15, -0.1) is 0 Å². The summed E-state index contributed by atoms with van der Waals surface area (Å²) in [6.07, 6.45) is 7.20. The van der Waals surface area contributed by atoms with Crippen LogP contribution in [0.15, 0.2) is 24.4 Å². The van der Waals surface area contributed by atoms with Gasteiger partial charge in [0.15, 0.2) is 6.17 Å². The Morgan fingerprint density at radius 2 is 1.71 bits per heavy atom. The molecule has 0 radical (unpaired) electrons. The quantitative estimate of drug-likeness (QED) is 0.0950. The zero-order valence-electron chi connectivity index (χ0n) is 20.9. The number of aliphatic carboxylic acids is 2. The summed E-state index contributed by atoms with van der Waals surface area (Å²) in [4.78, 5) is 48.1. The van der Waals surface area contributed by atoms with Gasteiger partial charge in [-0.3, -0.25) is 19.3 Å². The Labute approximate surface area is 203 Å². The molecule has 0 spiro atoms. The maximum Gasteiger partial charge on any atom is 0.329 e. The Balaban J connectivity index is 5.20. The molecule has 34 heavy (non-hydrogen) atoms. The van der Waals surface area contributed by atoms with Crippen molar-refractivity contribution in [2.75, 3.05) is 33.7 Å². The number of nitrogens with one attached hydrogen (secondary N) is 1. The Bertz CT molecular complexity index is 720. The second-order valence-corrected chi connectivity index (χ2v) is 9.07. The van der Waals surface area contributed by atoms with Crippen LogP contribution < -0.4 is 11.1 Å². The summed E-state index contributed by atoms with van der Waals surface area (Å²) < 4.78 is 0.314. The van der Waals surface area contributed by atoms with Crippen LogP contribution in [0, 0.1) is 0 Å². The second-order valence-electron chi connectivity index (χ2n) is 9.07. The maximum absolute atomic E-state index is 12.9. The highest BCUT2D eigenvalue weighted by Gasteiger charge is 2.35. The third-order valence-electron chi connectivity index (χ3n) is 5.55. The minimum absolute atomic E-state index is 0.0127. The number of hydrogen-bond donors (Lipinski definition) is 4. The number of hydrogen-bond acceptors (Lipinski definition) is 5. The van der Waals surface area contributed by atoms with E-state index in [4.69, 9.17) is 15.9 Å². The first-order chi connectivity index (χ1) is 15.9. The van der Waals surface area contributed by atoms with Gasteiger partial charge in [-0.05, 0) is 39.2 Å². The van der Waals surface area contributed by atoms with Crippen LogP contribution in [0.5, 0.6) is 0 Å². The molecule has 0 saturated carbocycles. The van der Waals surface area contributed by atoms with E-state index >= 15 is 0 Å². The maximum atomic E-state index is 12.9. The largest absolute Gasteiger partial charge is 0.481 e. The van der Waals surface area contributed by atoms with Crippen LogP contribution in [-0.2, 0) is 19.2 Å². The van der Waals surface area contributed by atoms with Gasteiger partial charge in [0, 0.05) is 43.7 Å². The Hall–Kier alpha value is -2.72. The van der Waals surface area contributed by atoms with Gasteiger partial charge in [-0.25, -0.2) is 4.79 Å². The molecular weight excluding hydrogens is 440 g/mol. The molecule has 0 aliphatic carbocycles. The molecule has 0 saturated heterocycles. The average Bonchev–Trinajstić information content (AvgIpc) is 2.73. The number of unbranched alkanes of at least 4 members (excludes halogenated alkanes) is 3. The van der Waals surface area contributed by atoms with Gasteiger partial charge in [-0.1, -0.05) is 13.0 Å². The van der Waals surface area contributed by atoms with E-state index in [9.17, 15) is 19.2 Å². The van der Waals surface area contributed by atoms with Gasteiger partial charge >= 0.3 is 11.9 Å². The number of carboxylic acids is 2. The zero-order chi connectivity index (χ0) is 26.1. The predicted molar refractivity (Wildman–Crippen MR) is 130 cm³/mol. The van der Waals surface area contributed by atoms with E-state index in [1.54, 1.807) is 6.92 Å². The number of quaternary nitrogens is 1. The third kappa shape index (κ3) is 13.7. The van der Waals surface area contributed by atoms with Crippen molar-refractivity contribution in [2.45, 2.75) is 70.9 Å². The fraction of sp³-hybridized carbons (Fsp3) is 0.667. The zero-order valence-corrected chi connectivity index (χ0v) is 20.9. The molecule has 0 aromatic heterocycles. The minimum atomic E-state index is -1.17. The topological polar surface area (TPSA) is 150 Å². The van der Waals surface area contributed by atoms with Gasteiger partial charge < -0.3 is 25.7 Å². The van der Waals surface area contributed by atoms with Crippen molar-refractivity contribution in [1.82, 2.24) is 10.2 Å². The van der Waals surface area contributed by atoms with Crippen molar-refractivity contribution < 1.29 is 33.9 Å². The van der Waals surface area contributed by atoms with E-state index < -0.39 is 18.1 Å². The monoisotopic (exact) mass is 483 g/mol. The fourth-order valence-corrected chi connectivity index (χ4v) is 3.65. The molecule has 2 amide bonds. The molecule has 0 aliphatic heterocycles. The number of amides is 2. The molecule has 5 N–H and O–H groups in total. The molecule has 10 nitrogen and oxygen atoms in total. The van der Waals surface area contributed by atoms with Gasteiger partial charge in [0.25, 0.3) is 5.91 Å². The lowest BCUT2D eigenvalue weighted by Gasteiger charge is -2.43. The number of rotatable bonds is 19. The van der Waals surface area contributed by atoms with Crippen LogP contribution in [0.3, 0.4) is 0 Å². The van der Waals surface area contributed by atoms with Crippen LogP contribution in [0.1, 0.15) is 64.7 Å². The summed E-state index contributed by atoms with van der Waals surface area (Å²) in [5.41, 5.74) is 5.71. The molecule has 0 rings (SSSR count). The lowest BCUT2D eigenvalue weighted by Crippen LogP contribution is -2.58. The lowest BCUT2D eigenvalue weighted by atomic mass is 10.1. The van der Waals surface area contributed by atoms with Crippen LogP contribution in [0.4, 0.5) is 0 Å². The summed E-state index contributed by atoms with van der Waals surface area (Å²) in [6.45, 7) is 6.92. The molecule has 194 valence electrons. The number of carbonyl (C=O) groups is 4. The molecule has 0 aromatic carbocycles. The van der Waals surface area contributed by atoms with E-state index in [1.165, 1.54) is 11.1 Å². The number of nitrogens with two attached hydrogens (primary N) is 1. The van der Waals surface area contributed by atoms with Crippen LogP contribution in [-0.4, -0.2) is 83.2 Å². The summed E-state index contributed by atoms with van der Waals surface area (Å²) >= 11 is 0. The standard InChI is InChI=1S/C24H42N4O6/c1-19(2)24(34)27(17-14-23(32)33)21(28(3,4)18-10-13-22(30)31)12-6-5-9-16-26-20(29)11-7-8-15-25/h14,17,21H,1,5-13,15-16,18,25H2,2-4H3,(H2-,26,29,30,31,32,33)/p+1. The van der Waals surface area contributed by atoms with Crippen molar-refractivity contribution in [1.29, 1.82) is 0 Å². The molecule has 0 fully saturated rings. The Morgan fingerprint density at radius 1 is 1.03 bits per heavy atom. The summed E-state index contributed by atoms with van der Waals surface area (Å²) in [7, 11) is 3.81. The summed E-state index contributed by atoms with van der Waals surface area (Å²) in [5, 5.41) is 21.0. The minimum Gasteiger partial charge on any atom is -0.481 e. The van der Waals surface area contributed by atoms with Crippen molar-refractivity contribution in [3.8, 4) is 0 Å². The van der Waals surface area contributed by atoms with Crippen molar-refractivity contribution in [3.63, 3.8) is 0 Å². The van der Waals surface area contributed by atoms with Crippen molar-refractivity contribution >= 4 is 23.8 Å². The fourth-order valence-electron chi connectivity index (χ4n) is 3.65. The highest BCUT2D eigenvalue weighted by Crippen LogP contribution is 2.22. The second kappa shape index (κ2) is 16.8. The molecule has 1 unspecified atom stereocenters. The molecule has 1 atom stereocenters. The van der Waals surface area contributed by atoms with Gasteiger partial charge in [0.1, 0.15) is 0 Å². The van der Waals surface area contributed by atoms with E-state index in [-0.39, 0.29) is 23.8 Å². The van der Waals surface area contributed by atoms with Crippen molar-refractivity contribution in [3.05, 3.63) is 24.4 Å². The molecular formula is C24H43N4O6+. The number of carbonyl (C=O) groups excluding carboxylic acids is 2. The summed E-state index contributed by atoms with van der Waals surface area (Å²) in [6, 6.07) is 0. The highest BCUT2D eigenvalue weighted by molar-refractivity contribution is 5.93.